The predicted molar refractivity (Wildman–Crippen MR) is 94.4 cm³/mol. The van der Waals surface area contributed by atoms with Crippen LogP contribution in [0, 0.1) is 0 Å². The zero-order valence-electron chi connectivity index (χ0n) is 14.4. The van der Waals surface area contributed by atoms with Gasteiger partial charge in [-0.1, -0.05) is 30.3 Å². The minimum Gasteiger partial charge on any atom is -0.393 e. The second-order valence-electron chi connectivity index (χ2n) is 6.81. The van der Waals surface area contributed by atoms with E-state index in [2.05, 4.69) is 15.0 Å². The maximum absolute atomic E-state index is 10.0. The molecule has 2 saturated heterocycles. The summed E-state index contributed by atoms with van der Waals surface area (Å²) >= 11 is 0. The molecular formula is C18H19N5O4. The molecule has 2 aromatic heterocycles. The van der Waals surface area contributed by atoms with Crippen LogP contribution in [0.4, 0.5) is 5.82 Å². The summed E-state index contributed by atoms with van der Waals surface area (Å²) in [6, 6.07) is 9.86. The molecule has 4 atom stereocenters. The van der Waals surface area contributed by atoms with Crippen molar-refractivity contribution in [1.29, 1.82) is 0 Å². The van der Waals surface area contributed by atoms with Crippen molar-refractivity contribution in [1.82, 2.24) is 19.5 Å². The summed E-state index contributed by atoms with van der Waals surface area (Å²) in [5.41, 5.74) is 7.06. The van der Waals surface area contributed by atoms with Crippen molar-refractivity contribution in [3.63, 3.8) is 0 Å². The number of aliphatic hydroxyl groups excluding tert-OH is 1. The molecule has 3 N–H and O–H groups in total. The summed E-state index contributed by atoms with van der Waals surface area (Å²) < 4.78 is 20.0. The van der Waals surface area contributed by atoms with E-state index in [0.29, 0.717) is 23.6 Å². The maximum Gasteiger partial charge on any atom is 0.167 e. The number of hydrogen-bond acceptors (Lipinski definition) is 8. The summed E-state index contributed by atoms with van der Waals surface area (Å²) in [4.78, 5) is 12.5. The Morgan fingerprint density at radius 1 is 1.26 bits per heavy atom. The Kier molecular flexibility index (Phi) is 3.83. The average Bonchev–Trinajstić information content (AvgIpc) is 3.37. The molecule has 4 heterocycles. The summed E-state index contributed by atoms with van der Waals surface area (Å²) in [7, 11) is 0. The van der Waals surface area contributed by atoms with Crippen LogP contribution in [-0.4, -0.2) is 55.6 Å². The summed E-state index contributed by atoms with van der Waals surface area (Å²) in [5, 5.41) is 10.0. The van der Waals surface area contributed by atoms with E-state index >= 15 is 0 Å². The van der Waals surface area contributed by atoms with Gasteiger partial charge < -0.3 is 25.1 Å². The number of nitrogen functional groups attached to an aromatic ring is 1. The largest absolute Gasteiger partial charge is 0.393 e. The lowest BCUT2D eigenvalue weighted by molar-refractivity contribution is -0.187. The lowest BCUT2D eigenvalue weighted by Gasteiger charge is -2.29. The van der Waals surface area contributed by atoms with Crippen LogP contribution in [0.1, 0.15) is 11.8 Å². The molecule has 2 aliphatic rings. The number of nitrogens with zero attached hydrogens (tertiary/aromatic N) is 4. The quantitative estimate of drug-likeness (QED) is 0.673. The number of fused-ring (bicyclic) bond motifs is 3. The summed E-state index contributed by atoms with van der Waals surface area (Å²) in [6.07, 6.45) is 1.66. The van der Waals surface area contributed by atoms with E-state index in [0.717, 1.165) is 5.56 Å². The molecular weight excluding hydrogens is 350 g/mol. The Labute approximate surface area is 154 Å². The number of aromatic nitrogens is 4. The van der Waals surface area contributed by atoms with Crippen molar-refractivity contribution >= 4 is 17.0 Å². The number of aliphatic hydroxyl groups is 1. The smallest absolute Gasteiger partial charge is 0.167 e. The van der Waals surface area contributed by atoms with Gasteiger partial charge in [-0.3, -0.25) is 4.57 Å². The fourth-order valence-electron chi connectivity index (χ4n) is 3.80. The Morgan fingerprint density at radius 3 is 2.93 bits per heavy atom. The minimum atomic E-state index is -0.917. The number of rotatable bonds is 5. The summed E-state index contributed by atoms with van der Waals surface area (Å²) in [6.45, 7) is 0.472. The Morgan fingerprint density at radius 2 is 2.11 bits per heavy atom. The van der Waals surface area contributed by atoms with Crippen LogP contribution in [0.15, 0.2) is 43.0 Å². The second kappa shape index (κ2) is 6.24. The molecule has 0 unspecified atom stereocenters. The highest BCUT2D eigenvalue weighted by Crippen LogP contribution is 2.47. The molecule has 0 spiro atoms. The van der Waals surface area contributed by atoms with E-state index in [9.17, 15) is 5.11 Å². The molecule has 5 rings (SSSR count). The molecule has 0 saturated carbocycles. The van der Waals surface area contributed by atoms with Crippen LogP contribution >= 0.6 is 0 Å². The lowest BCUT2D eigenvalue weighted by Crippen LogP contribution is -2.45. The van der Waals surface area contributed by atoms with Crippen molar-refractivity contribution in [2.24, 2.45) is 0 Å². The van der Waals surface area contributed by atoms with Gasteiger partial charge in [0.2, 0.25) is 0 Å². The molecule has 1 aromatic carbocycles. The minimum absolute atomic E-state index is 0.205. The molecule has 9 nitrogen and oxygen atoms in total. The Balaban J connectivity index is 1.45. The zero-order valence-corrected chi connectivity index (χ0v) is 14.4. The predicted octanol–water partition coefficient (Wildman–Crippen LogP) is 0.653. The number of nitrogens with two attached hydrogens (primary N) is 1. The van der Waals surface area contributed by atoms with Crippen LogP contribution in [0.2, 0.25) is 0 Å². The molecule has 140 valence electrons. The first kappa shape index (κ1) is 16.6. The second-order valence-corrected chi connectivity index (χ2v) is 6.81. The highest BCUT2D eigenvalue weighted by Gasteiger charge is 2.63. The normalized spacial score (nSPS) is 29.6. The van der Waals surface area contributed by atoms with Gasteiger partial charge in [0, 0.05) is 0 Å². The number of imidazole rings is 1. The Hall–Kier alpha value is -2.59. The number of ether oxygens (including phenoxy) is 3. The number of hydrogen-bond donors (Lipinski definition) is 2. The van der Waals surface area contributed by atoms with Gasteiger partial charge in [0.25, 0.3) is 0 Å². The molecule has 2 fully saturated rings. The van der Waals surface area contributed by atoms with Gasteiger partial charge in [-0.15, -0.1) is 0 Å². The van der Waals surface area contributed by atoms with Gasteiger partial charge in [-0.2, -0.15) is 0 Å². The number of benzene rings is 1. The molecule has 2 aliphatic heterocycles. The molecule has 0 amide bonds. The van der Waals surface area contributed by atoms with E-state index in [1.807, 2.05) is 30.3 Å². The molecule has 2 bridgehead atoms. The van der Waals surface area contributed by atoms with Crippen molar-refractivity contribution in [3.8, 4) is 0 Å². The van der Waals surface area contributed by atoms with Gasteiger partial charge in [0.15, 0.2) is 17.7 Å². The average molecular weight is 369 g/mol. The van der Waals surface area contributed by atoms with E-state index < -0.39 is 24.0 Å². The van der Waals surface area contributed by atoms with E-state index in [4.69, 9.17) is 19.9 Å². The first-order chi connectivity index (χ1) is 13.2. The van der Waals surface area contributed by atoms with E-state index in [-0.39, 0.29) is 13.2 Å². The topological polar surface area (TPSA) is 118 Å². The fourth-order valence-corrected chi connectivity index (χ4v) is 3.80. The maximum atomic E-state index is 10.0. The summed E-state index contributed by atoms with van der Waals surface area (Å²) in [5.74, 6) is 0.302. The van der Waals surface area contributed by atoms with Crippen molar-refractivity contribution < 1.29 is 19.3 Å². The Bertz CT molecular complexity index is 965. The van der Waals surface area contributed by atoms with Crippen molar-refractivity contribution in [2.45, 2.75) is 30.6 Å². The highest BCUT2D eigenvalue weighted by molar-refractivity contribution is 5.81. The van der Waals surface area contributed by atoms with Gasteiger partial charge in [-0.05, 0) is 5.56 Å². The molecule has 0 aliphatic carbocycles. The molecule has 3 aromatic rings. The van der Waals surface area contributed by atoms with Crippen LogP contribution < -0.4 is 5.73 Å². The van der Waals surface area contributed by atoms with Crippen LogP contribution in [-0.2, 0) is 20.8 Å². The van der Waals surface area contributed by atoms with Crippen LogP contribution in [0.3, 0.4) is 0 Å². The zero-order chi connectivity index (χ0) is 18.4. The third kappa shape index (κ3) is 2.51. The first-order valence-electron chi connectivity index (χ1n) is 8.71. The standard InChI is InChI=1S/C18H19N5O4/c19-15-12-16(21-9-20-15)23(10-22-12)17-13-14(18(7-24,27-17)8-26-13)25-6-11-4-2-1-3-5-11/h1-5,9-10,13-14,17,24H,6-8H2,(H2,19,20,21)/t13-,14+,17-,18+/m1/s1. The molecule has 9 heteroatoms. The van der Waals surface area contributed by atoms with Crippen molar-refractivity contribution in [3.05, 3.63) is 48.5 Å². The van der Waals surface area contributed by atoms with Crippen LogP contribution in [0.5, 0.6) is 0 Å². The first-order valence-corrected chi connectivity index (χ1v) is 8.71. The van der Waals surface area contributed by atoms with Crippen LogP contribution in [0.25, 0.3) is 11.2 Å². The SMILES string of the molecule is Nc1ncnc2c1ncn2[C@@H]1O[C@@]2(CO)CO[C@@H]1[C@@H]2OCc1ccccc1. The molecule has 0 radical (unpaired) electrons. The third-order valence-electron chi connectivity index (χ3n) is 5.17. The van der Waals surface area contributed by atoms with E-state index in [1.165, 1.54) is 6.33 Å². The van der Waals surface area contributed by atoms with Gasteiger partial charge in [0.1, 0.15) is 29.7 Å². The van der Waals surface area contributed by atoms with Crippen molar-refractivity contribution in [2.75, 3.05) is 18.9 Å². The third-order valence-corrected chi connectivity index (χ3v) is 5.17. The lowest BCUT2D eigenvalue weighted by atomic mass is 10.00. The fraction of sp³-hybridized carbons (Fsp3) is 0.389. The molecule has 27 heavy (non-hydrogen) atoms. The van der Waals surface area contributed by atoms with Gasteiger partial charge >= 0.3 is 0 Å². The monoisotopic (exact) mass is 369 g/mol. The highest BCUT2D eigenvalue weighted by atomic mass is 16.7. The van der Waals surface area contributed by atoms with Gasteiger partial charge in [0.05, 0.1) is 26.1 Å². The van der Waals surface area contributed by atoms with Gasteiger partial charge in [-0.25, -0.2) is 15.0 Å². The van der Waals surface area contributed by atoms with E-state index in [1.54, 1.807) is 10.9 Å². The number of anilines is 1.